The predicted molar refractivity (Wildman–Crippen MR) is 78.5 cm³/mol. The summed E-state index contributed by atoms with van der Waals surface area (Å²) in [5.41, 5.74) is 0. The van der Waals surface area contributed by atoms with Crippen molar-refractivity contribution in [3.8, 4) is 5.75 Å². The summed E-state index contributed by atoms with van der Waals surface area (Å²) in [5.74, 6) is 0.218. The predicted octanol–water partition coefficient (Wildman–Crippen LogP) is -0.151. The Morgan fingerprint density at radius 1 is 1.04 bits per heavy atom. The van der Waals surface area contributed by atoms with Gasteiger partial charge in [0.15, 0.2) is 0 Å². The number of halogens is 4. The molecule has 2 aromatic rings. The number of benzene rings is 2. The fraction of sp³-hybridized carbons (Fsp3) is 0.200. The summed E-state index contributed by atoms with van der Waals surface area (Å²) in [6.07, 6.45) is 0. The van der Waals surface area contributed by atoms with Gasteiger partial charge >= 0.3 is 148 Å². The van der Waals surface area contributed by atoms with Gasteiger partial charge in [-0.15, -0.1) is 0 Å². The standard InChI is InChI=1S/C15H15F3IO5S/c1-23-11-24-14-9-7-13(8-10-14)19(18,12-5-3-2-4-6-12)15(16,17)25(20,21)22/h2-10H,11H2,1H3,(H,20,21,22)/q-1/p-1. The van der Waals surface area contributed by atoms with Crippen molar-refractivity contribution in [3.05, 3.63) is 61.7 Å². The van der Waals surface area contributed by atoms with Gasteiger partial charge in [-0.2, -0.15) is 0 Å². The molecule has 0 aliphatic rings. The second kappa shape index (κ2) is 7.48. The van der Waals surface area contributed by atoms with Gasteiger partial charge < -0.3 is 0 Å². The first-order chi connectivity index (χ1) is 11.6. The molecule has 0 radical (unpaired) electrons. The van der Waals surface area contributed by atoms with Crippen LogP contribution in [0.25, 0.3) is 0 Å². The van der Waals surface area contributed by atoms with E-state index in [4.69, 9.17) is 4.74 Å². The van der Waals surface area contributed by atoms with Crippen LogP contribution in [0.1, 0.15) is 0 Å². The van der Waals surface area contributed by atoms with Crippen molar-refractivity contribution in [2.75, 3.05) is 13.9 Å². The Bertz CT molecular complexity index is 815. The van der Waals surface area contributed by atoms with Crippen LogP contribution in [0, 0.1) is 7.14 Å². The summed E-state index contributed by atoms with van der Waals surface area (Å²) in [5, 5.41) is 0. The summed E-state index contributed by atoms with van der Waals surface area (Å²) in [7, 11) is -4.83. The molecule has 0 aromatic heterocycles. The number of methoxy groups -OCH3 is 1. The zero-order valence-electron chi connectivity index (χ0n) is 12.9. The van der Waals surface area contributed by atoms with E-state index in [1.807, 2.05) is 0 Å². The zero-order chi connectivity index (χ0) is 18.7. The summed E-state index contributed by atoms with van der Waals surface area (Å²) >= 11 is -6.29. The number of ether oxygens (including phenoxy) is 2. The molecule has 0 saturated carbocycles. The molecule has 1 unspecified atom stereocenters. The van der Waals surface area contributed by atoms with E-state index < -0.39 is 39.5 Å². The van der Waals surface area contributed by atoms with Crippen molar-refractivity contribution in [3.63, 3.8) is 0 Å². The van der Waals surface area contributed by atoms with Gasteiger partial charge in [-0.25, -0.2) is 0 Å². The number of hydrogen-bond donors (Lipinski definition) is 0. The molecule has 10 heteroatoms. The second-order valence-corrected chi connectivity index (χ2v) is 13.5. The topological polar surface area (TPSA) is 75.7 Å². The third-order valence-corrected chi connectivity index (χ3v) is 13.3. The van der Waals surface area contributed by atoms with Crippen LogP contribution in [0.15, 0.2) is 54.6 Å². The van der Waals surface area contributed by atoms with Crippen LogP contribution in [0.3, 0.4) is 0 Å². The van der Waals surface area contributed by atoms with Crippen molar-refractivity contribution >= 4 is 10.1 Å². The Kier molecular flexibility index (Phi) is 5.97. The van der Waals surface area contributed by atoms with Gasteiger partial charge in [0, 0.05) is 0 Å². The van der Waals surface area contributed by atoms with Gasteiger partial charge in [-0.3, -0.25) is 0 Å². The second-order valence-electron chi connectivity index (χ2n) is 4.70. The van der Waals surface area contributed by atoms with Crippen molar-refractivity contribution < 1.29 is 53.1 Å². The van der Waals surface area contributed by atoms with E-state index in [9.17, 15) is 21.8 Å². The quantitative estimate of drug-likeness (QED) is 0.234. The minimum atomic E-state index is -6.29. The van der Waals surface area contributed by atoms with Crippen molar-refractivity contribution in [2.45, 2.75) is 3.26 Å². The van der Waals surface area contributed by atoms with Crippen molar-refractivity contribution in [1.82, 2.24) is 0 Å². The molecule has 0 N–H and O–H groups in total. The third kappa shape index (κ3) is 3.76. The molecule has 0 fully saturated rings. The van der Waals surface area contributed by atoms with Gasteiger partial charge in [-0.05, 0) is 0 Å². The summed E-state index contributed by atoms with van der Waals surface area (Å²) in [6, 6.07) is 10.6. The van der Waals surface area contributed by atoms with Gasteiger partial charge in [0.1, 0.15) is 0 Å². The maximum absolute atomic E-state index is 15.7. The van der Waals surface area contributed by atoms with E-state index in [0.29, 0.717) is 0 Å². The van der Waals surface area contributed by atoms with Crippen LogP contribution in [0.2, 0.25) is 0 Å². The first kappa shape index (κ1) is 19.9. The minimum absolute atomic E-state index is 0.106. The molecule has 0 saturated heterocycles. The Morgan fingerprint density at radius 3 is 2.04 bits per heavy atom. The molecule has 2 rings (SSSR count). The molecule has 0 amide bonds. The van der Waals surface area contributed by atoms with Crippen molar-refractivity contribution in [1.29, 1.82) is 0 Å². The first-order valence-electron chi connectivity index (χ1n) is 6.71. The van der Waals surface area contributed by atoms with E-state index >= 15 is 2.86 Å². The molecule has 0 aliphatic carbocycles. The van der Waals surface area contributed by atoms with E-state index in [0.717, 1.165) is 24.3 Å². The average Bonchev–Trinajstić information content (AvgIpc) is 2.59. The van der Waals surface area contributed by atoms with E-state index in [-0.39, 0.29) is 12.5 Å². The Balaban J connectivity index is 2.61. The third-order valence-electron chi connectivity index (χ3n) is 3.08. The molecule has 1 atom stereocenters. The normalized spacial score (nSPS) is 16.0. The molecular weight excluding hydrogens is 476 g/mol. The molecule has 0 bridgehead atoms. The molecule has 0 heterocycles. The van der Waals surface area contributed by atoms with E-state index in [2.05, 4.69) is 4.74 Å². The maximum atomic E-state index is 15.7. The molecule has 2 aromatic carbocycles. The van der Waals surface area contributed by atoms with Crippen LogP contribution in [-0.2, 0) is 14.9 Å². The van der Waals surface area contributed by atoms with Crippen LogP contribution in [0.5, 0.6) is 5.75 Å². The molecule has 140 valence electrons. The fourth-order valence-electron chi connectivity index (χ4n) is 1.93. The summed E-state index contributed by atoms with van der Waals surface area (Å²) in [4.78, 5) is 0. The SMILES string of the molecule is COCOc1ccc([I-](F)(c2ccccc2)C(F)(F)S(=O)(=O)[O-])cc1. The average molecular weight is 490 g/mol. The van der Waals surface area contributed by atoms with Crippen molar-refractivity contribution in [2.24, 2.45) is 0 Å². The molecule has 25 heavy (non-hydrogen) atoms. The summed E-state index contributed by atoms with van der Waals surface area (Å²) < 4.78 is 81.6. The van der Waals surface area contributed by atoms with Gasteiger partial charge in [-0.1, -0.05) is 0 Å². The Morgan fingerprint density at radius 2 is 1.56 bits per heavy atom. The van der Waals surface area contributed by atoms with E-state index in [1.54, 1.807) is 0 Å². The molecule has 5 nitrogen and oxygen atoms in total. The number of alkyl halides is 3. The Hall–Kier alpha value is -1.37. The molecule has 0 aliphatic heterocycles. The fourth-order valence-corrected chi connectivity index (χ4v) is 10.5. The summed E-state index contributed by atoms with van der Waals surface area (Å²) in [6.45, 7) is -0.106. The van der Waals surface area contributed by atoms with Gasteiger partial charge in [0.2, 0.25) is 0 Å². The van der Waals surface area contributed by atoms with Crippen LogP contribution < -0.4 is 23.7 Å². The van der Waals surface area contributed by atoms with Crippen LogP contribution in [-0.4, -0.2) is 30.1 Å². The van der Waals surface area contributed by atoms with Crippen LogP contribution in [0.4, 0.5) is 11.6 Å². The Labute approximate surface area is 147 Å². The molecular formula is C15H14F3IO5S-2. The number of hydrogen-bond acceptors (Lipinski definition) is 5. The van der Waals surface area contributed by atoms with Gasteiger partial charge in [0.05, 0.1) is 0 Å². The molecule has 0 spiro atoms. The zero-order valence-corrected chi connectivity index (χ0v) is 15.8. The van der Waals surface area contributed by atoms with Gasteiger partial charge in [0.25, 0.3) is 0 Å². The van der Waals surface area contributed by atoms with E-state index in [1.165, 1.54) is 37.4 Å². The first-order valence-corrected chi connectivity index (χ1v) is 12.2. The monoisotopic (exact) mass is 490 g/mol. The number of rotatable bonds is 7. The van der Waals surface area contributed by atoms with Crippen LogP contribution >= 0.6 is 0 Å².